The molecule has 4 heteroatoms. The van der Waals surface area contributed by atoms with E-state index in [1.54, 1.807) is 0 Å². The number of hydrogen-bond acceptors (Lipinski definition) is 3. The summed E-state index contributed by atoms with van der Waals surface area (Å²) in [5.74, 6) is -1.62. The lowest BCUT2D eigenvalue weighted by atomic mass is 10.00. The molecule has 104 valence electrons. The molecule has 0 bridgehead atoms. The predicted molar refractivity (Wildman–Crippen MR) is 74.5 cm³/mol. The quantitative estimate of drug-likeness (QED) is 0.800. The first kappa shape index (κ1) is 14.3. The van der Waals surface area contributed by atoms with Gasteiger partial charge >= 0.3 is 0 Å². The van der Waals surface area contributed by atoms with Crippen molar-refractivity contribution in [2.75, 3.05) is 6.54 Å². The summed E-state index contributed by atoms with van der Waals surface area (Å²) in [5.41, 5.74) is 1.11. The molecule has 0 spiro atoms. The van der Waals surface area contributed by atoms with Gasteiger partial charge in [-0.15, -0.1) is 0 Å². The van der Waals surface area contributed by atoms with Crippen LogP contribution in [0.25, 0.3) is 0 Å². The van der Waals surface area contributed by atoms with Gasteiger partial charge in [0.2, 0.25) is 5.91 Å². The van der Waals surface area contributed by atoms with Crippen molar-refractivity contribution in [2.45, 2.75) is 19.8 Å². The van der Waals surface area contributed by atoms with Crippen LogP contribution in [-0.2, 0) is 16.0 Å². The number of rotatable bonds is 6. The van der Waals surface area contributed by atoms with Crippen molar-refractivity contribution < 1.29 is 9.59 Å². The number of amides is 1. The fourth-order valence-electron chi connectivity index (χ4n) is 2.26. The van der Waals surface area contributed by atoms with E-state index in [2.05, 4.69) is 5.32 Å². The number of carbonyl (C=O) groups is 2. The normalized spacial score (nSPS) is 21.6. The number of Topliss-reactive ketones (excluding diaryl/α,β-unsaturated/α-hetero) is 1. The summed E-state index contributed by atoms with van der Waals surface area (Å²) in [6.07, 6.45) is 1.49. The summed E-state index contributed by atoms with van der Waals surface area (Å²) in [4.78, 5) is 23.8. The minimum absolute atomic E-state index is 0.0977. The van der Waals surface area contributed by atoms with Gasteiger partial charge in [-0.3, -0.25) is 9.59 Å². The molecular formula is C16H18N2O2. The zero-order valence-electron chi connectivity index (χ0n) is 11.5. The SMILES string of the molecule is C[C@@H]1C[C@H]1C(=O)[C@H](C#N)C(=O)NCCc1ccccc1. The van der Waals surface area contributed by atoms with Crippen molar-refractivity contribution in [3.05, 3.63) is 35.9 Å². The molecule has 1 aromatic carbocycles. The van der Waals surface area contributed by atoms with Crippen molar-refractivity contribution in [3.63, 3.8) is 0 Å². The number of hydrogen-bond donors (Lipinski definition) is 1. The van der Waals surface area contributed by atoms with Gasteiger partial charge in [-0.1, -0.05) is 37.3 Å². The van der Waals surface area contributed by atoms with E-state index in [1.807, 2.05) is 43.3 Å². The Balaban J connectivity index is 1.81. The van der Waals surface area contributed by atoms with Crippen LogP contribution < -0.4 is 5.32 Å². The third-order valence-electron chi connectivity index (χ3n) is 3.71. The molecule has 1 N–H and O–H groups in total. The molecule has 0 saturated heterocycles. The first-order valence-electron chi connectivity index (χ1n) is 6.88. The molecule has 0 unspecified atom stereocenters. The molecule has 2 rings (SSSR count). The van der Waals surface area contributed by atoms with Crippen LogP contribution in [0.5, 0.6) is 0 Å². The Hall–Kier alpha value is -2.15. The average molecular weight is 270 g/mol. The van der Waals surface area contributed by atoms with Gasteiger partial charge in [0, 0.05) is 12.5 Å². The third-order valence-corrected chi connectivity index (χ3v) is 3.71. The average Bonchev–Trinajstić information content (AvgIpc) is 3.18. The summed E-state index contributed by atoms with van der Waals surface area (Å²) in [5, 5.41) is 11.7. The van der Waals surface area contributed by atoms with E-state index >= 15 is 0 Å². The topological polar surface area (TPSA) is 70.0 Å². The fraction of sp³-hybridized carbons (Fsp3) is 0.438. The number of nitriles is 1. The summed E-state index contributed by atoms with van der Waals surface area (Å²) in [7, 11) is 0. The predicted octanol–water partition coefficient (Wildman–Crippen LogP) is 1.71. The zero-order chi connectivity index (χ0) is 14.5. The van der Waals surface area contributed by atoms with Gasteiger partial charge in [0.1, 0.15) is 0 Å². The molecule has 4 nitrogen and oxygen atoms in total. The molecular weight excluding hydrogens is 252 g/mol. The smallest absolute Gasteiger partial charge is 0.245 e. The lowest BCUT2D eigenvalue weighted by molar-refractivity contribution is -0.132. The van der Waals surface area contributed by atoms with E-state index in [0.29, 0.717) is 18.9 Å². The van der Waals surface area contributed by atoms with E-state index in [1.165, 1.54) is 0 Å². The van der Waals surface area contributed by atoms with E-state index < -0.39 is 11.8 Å². The third kappa shape index (κ3) is 3.45. The summed E-state index contributed by atoms with van der Waals surface area (Å²) in [6.45, 7) is 2.40. The lowest BCUT2D eigenvalue weighted by Gasteiger charge is -2.09. The molecule has 1 amide bonds. The van der Waals surface area contributed by atoms with Crippen molar-refractivity contribution in [2.24, 2.45) is 17.8 Å². The summed E-state index contributed by atoms with van der Waals surface area (Å²) >= 11 is 0. The number of benzene rings is 1. The van der Waals surface area contributed by atoms with Crippen molar-refractivity contribution in [1.82, 2.24) is 5.32 Å². The molecule has 0 heterocycles. The van der Waals surface area contributed by atoms with Crippen LogP contribution in [0.15, 0.2) is 30.3 Å². The molecule has 3 atom stereocenters. The first-order chi connectivity index (χ1) is 9.63. The maximum atomic E-state index is 11.9. The van der Waals surface area contributed by atoms with Gasteiger partial charge in [-0.2, -0.15) is 5.26 Å². The fourth-order valence-corrected chi connectivity index (χ4v) is 2.26. The van der Waals surface area contributed by atoms with Crippen LogP contribution in [0.4, 0.5) is 0 Å². The number of carbonyl (C=O) groups excluding carboxylic acids is 2. The Morgan fingerprint density at radius 2 is 2.05 bits per heavy atom. The van der Waals surface area contributed by atoms with Gasteiger partial charge in [0.25, 0.3) is 0 Å². The Kier molecular flexibility index (Phi) is 4.52. The van der Waals surface area contributed by atoms with E-state index in [4.69, 9.17) is 5.26 Å². The summed E-state index contributed by atoms with van der Waals surface area (Å²) < 4.78 is 0. The highest BCUT2D eigenvalue weighted by atomic mass is 16.2. The van der Waals surface area contributed by atoms with Crippen LogP contribution >= 0.6 is 0 Å². The second-order valence-corrected chi connectivity index (χ2v) is 5.31. The number of nitrogens with one attached hydrogen (secondary N) is 1. The van der Waals surface area contributed by atoms with Crippen LogP contribution in [0.1, 0.15) is 18.9 Å². The molecule has 1 saturated carbocycles. The van der Waals surface area contributed by atoms with Gasteiger partial charge in [-0.05, 0) is 24.3 Å². The van der Waals surface area contributed by atoms with Crippen molar-refractivity contribution in [1.29, 1.82) is 5.26 Å². The van der Waals surface area contributed by atoms with Crippen LogP contribution in [0, 0.1) is 29.1 Å². The standard InChI is InChI=1S/C16H18N2O2/c1-11-9-13(11)15(19)14(10-17)16(20)18-8-7-12-5-3-2-4-6-12/h2-6,11,13-14H,7-9H2,1H3,(H,18,20)/t11-,13-,14+/m1/s1. The van der Waals surface area contributed by atoms with Gasteiger partial charge < -0.3 is 5.32 Å². The molecule has 0 aromatic heterocycles. The highest BCUT2D eigenvalue weighted by molar-refractivity contribution is 6.05. The Morgan fingerprint density at radius 3 is 2.60 bits per heavy atom. The van der Waals surface area contributed by atoms with Crippen LogP contribution in [0.2, 0.25) is 0 Å². The molecule has 0 radical (unpaired) electrons. The van der Waals surface area contributed by atoms with Gasteiger partial charge in [0.05, 0.1) is 6.07 Å². The molecule has 20 heavy (non-hydrogen) atoms. The molecule has 1 aromatic rings. The molecule has 1 aliphatic carbocycles. The van der Waals surface area contributed by atoms with Gasteiger partial charge in [0.15, 0.2) is 11.7 Å². The highest BCUT2D eigenvalue weighted by Crippen LogP contribution is 2.40. The Bertz CT molecular complexity index is 533. The first-order valence-corrected chi connectivity index (χ1v) is 6.88. The highest BCUT2D eigenvalue weighted by Gasteiger charge is 2.44. The van der Waals surface area contributed by atoms with E-state index in [0.717, 1.165) is 12.0 Å². The maximum absolute atomic E-state index is 11.9. The molecule has 0 aliphatic heterocycles. The largest absolute Gasteiger partial charge is 0.354 e. The number of nitrogens with zero attached hydrogens (tertiary/aromatic N) is 1. The number of ketones is 1. The van der Waals surface area contributed by atoms with Crippen molar-refractivity contribution in [3.8, 4) is 6.07 Å². The maximum Gasteiger partial charge on any atom is 0.245 e. The van der Waals surface area contributed by atoms with Crippen LogP contribution in [0.3, 0.4) is 0 Å². The van der Waals surface area contributed by atoms with E-state index in [-0.39, 0.29) is 11.7 Å². The minimum Gasteiger partial charge on any atom is -0.354 e. The summed E-state index contributed by atoms with van der Waals surface area (Å²) in [6, 6.07) is 11.6. The monoisotopic (exact) mass is 270 g/mol. The van der Waals surface area contributed by atoms with E-state index in [9.17, 15) is 9.59 Å². The van der Waals surface area contributed by atoms with Crippen molar-refractivity contribution >= 4 is 11.7 Å². The lowest BCUT2D eigenvalue weighted by Crippen LogP contribution is -2.36. The Labute approximate surface area is 118 Å². The molecule has 1 fully saturated rings. The van der Waals surface area contributed by atoms with Gasteiger partial charge in [-0.25, -0.2) is 0 Å². The zero-order valence-corrected chi connectivity index (χ0v) is 11.5. The second kappa shape index (κ2) is 6.33. The molecule has 1 aliphatic rings. The van der Waals surface area contributed by atoms with Crippen LogP contribution in [-0.4, -0.2) is 18.2 Å². The Morgan fingerprint density at radius 1 is 1.40 bits per heavy atom. The second-order valence-electron chi connectivity index (χ2n) is 5.31. The minimum atomic E-state index is -1.15.